The van der Waals surface area contributed by atoms with Gasteiger partial charge in [-0.05, 0) is 55.3 Å². The molecule has 4 nitrogen and oxygen atoms in total. The van der Waals surface area contributed by atoms with E-state index < -0.39 is 6.10 Å². The second-order valence-electron chi connectivity index (χ2n) is 5.46. The summed E-state index contributed by atoms with van der Waals surface area (Å²) in [5, 5.41) is 2.97. The first kappa shape index (κ1) is 17.8. The predicted molar refractivity (Wildman–Crippen MR) is 90.7 cm³/mol. The Morgan fingerprint density at radius 2 is 1.67 bits per heavy atom. The molecule has 0 aliphatic heterocycles. The van der Waals surface area contributed by atoms with Crippen molar-refractivity contribution in [1.82, 2.24) is 5.32 Å². The van der Waals surface area contributed by atoms with Crippen LogP contribution in [-0.2, 0) is 4.79 Å². The summed E-state index contributed by atoms with van der Waals surface area (Å²) in [7, 11) is 1.61. The molecule has 0 saturated heterocycles. The van der Waals surface area contributed by atoms with E-state index >= 15 is 0 Å². The summed E-state index contributed by atoms with van der Waals surface area (Å²) in [6.07, 6.45) is 0.0733. The number of hydrogen-bond donors (Lipinski definition) is 1. The Balaban J connectivity index is 1.98. The Morgan fingerprint density at radius 3 is 2.21 bits per heavy atom. The van der Waals surface area contributed by atoms with Crippen LogP contribution in [0.2, 0.25) is 0 Å². The quantitative estimate of drug-likeness (QED) is 0.838. The van der Waals surface area contributed by atoms with E-state index in [-0.39, 0.29) is 17.8 Å². The molecule has 0 unspecified atom stereocenters. The summed E-state index contributed by atoms with van der Waals surface area (Å²) in [4.78, 5) is 12.3. The summed E-state index contributed by atoms with van der Waals surface area (Å²) in [6.45, 7) is 3.67. The first-order valence-electron chi connectivity index (χ1n) is 7.90. The maximum Gasteiger partial charge on any atom is 0.261 e. The molecule has 2 rings (SSSR count). The van der Waals surface area contributed by atoms with E-state index in [0.717, 1.165) is 17.7 Å². The Bertz CT molecular complexity index is 655. The van der Waals surface area contributed by atoms with Crippen LogP contribution < -0.4 is 14.8 Å². The number of nitrogens with one attached hydrogen (secondary N) is 1. The Kier molecular flexibility index (Phi) is 6.18. The molecule has 2 atom stereocenters. The summed E-state index contributed by atoms with van der Waals surface area (Å²) in [5.74, 6) is 0.663. The van der Waals surface area contributed by atoms with E-state index in [2.05, 4.69) is 5.32 Å². The van der Waals surface area contributed by atoms with Crippen molar-refractivity contribution in [3.8, 4) is 11.5 Å². The van der Waals surface area contributed by atoms with Crippen LogP contribution in [0.3, 0.4) is 0 Å². The lowest BCUT2D eigenvalue weighted by Crippen LogP contribution is -2.38. The van der Waals surface area contributed by atoms with Crippen molar-refractivity contribution in [3.05, 3.63) is 59.9 Å². The zero-order chi connectivity index (χ0) is 17.5. The highest BCUT2D eigenvalue weighted by Gasteiger charge is 2.19. The van der Waals surface area contributed by atoms with Gasteiger partial charge in [0, 0.05) is 0 Å². The third kappa shape index (κ3) is 4.72. The number of benzene rings is 2. The molecule has 0 spiro atoms. The molecule has 0 aromatic heterocycles. The first-order chi connectivity index (χ1) is 11.5. The number of rotatable bonds is 7. The molecule has 0 radical (unpaired) electrons. The van der Waals surface area contributed by atoms with Gasteiger partial charge in [-0.15, -0.1) is 0 Å². The van der Waals surface area contributed by atoms with Crippen molar-refractivity contribution in [3.63, 3.8) is 0 Å². The molecule has 5 heteroatoms. The fraction of sp³-hybridized carbons (Fsp3) is 0.316. The zero-order valence-corrected chi connectivity index (χ0v) is 14.1. The van der Waals surface area contributed by atoms with Crippen LogP contribution >= 0.6 is 0 Å². The molecule has 0 heterocycles. The fourth-order valence-corrected chi connectivity index (χ4v) is 2.32. The number of ether oxygens (including phenoxy) is 2. The lowest BCUT2D eigenvalue weighted by atomic mass is 10.0. The van der Waals surface area contributed by atoms with Gasteiger partial charge in [-0.2, -0.15) is 0 Å². The molecule has 2 aromatic carbocycles. The molecule has 0 saturated carbocycles. The predicted octanol–water partition coefficient (Wildman–Crippen LogP) is 3.87. The minimum atomic E-state index is -0.678. The molecule has 0 fully saturated rings. The number of methoxy groups -OCH3 is 1. The summed E-state index contributed by atoms with van der Waals surface area (Å²) < 4.78 is 23.6. The van der Waals surface area contributed by atoms with Crippen molar-refractivity contribution >= 4 is 5.91 Å². The van der Waals surface area contributed by atoms with Gasteiger partial charge in [-0.25, -0.2) is 4.39 Å². The lowest BCUT2D eigenvalue weighted by molar-refractivity contribution is -0.128. The number of carbonyl (C=O) groups excluding carboxylic acids is 1. The van der Waals surface area contributed by atoms with Gasteiger partial charge in [0.05, 0.1) is 13.2 Å². The number of carbonyl (C=O) groups is 1. The second-order valence-corrected chi connectivity index (χ2v) is 5.46. The third-order valence-corrected chi connectivity index (χ3v) is 3.74. The fourth-order valence-electron chi connectivity index (χ4n) is 2.32. The first-order valence-corrected chi connectivity index (χ1v) is 7.90. The third-order valence-electron chi connectivity index (χ3n) is 3.74. The highest BCUT2D eigenvalue weighted by atomic mass is 19.1. The van der Waals surface area contributed by atoms with E-state index in [9.17, 15) is 9.18 Å². The highest BCUT2D eigenvalue weighted by Crippen LogP contribution is 2.20. The molecule has 1 N–H and O–H groups in total. The van der Waals surface area contributed by atoms with Crippen molar-refractivity contribution in [2.45, 2.75) is 32.4 Å². The van der Waals surface area contributed by atoms with E-state index in [0.29, 0.717) is 5.75 Å². The Hall–Kier alpha value is -2.56. The molecule has 2 aromatic rings. The van der Waals surface area contributed by atoms with Crippen molar-refractivity contribution < 1.29 is 18.7 Å². The Morgan fingerprint density at radius 1 is 1.08 bits per heavy atom. The highest BCUT2D eigenvalue weighted by molar-refractivity contribution is 5.81. The lowest BCUT2D eigenvalue weighted by Gasteiger charge is -2.21. The van der Waals surface area contributed by atoms with Crippen molar-refractivity contribution in [1.29, 1.82) is 0 Å². The van der Waals surface area contributed by atoms with Crippen LogP contribution in [0.5, 0.6) is 11.5 Å². The van der Waals surface area contributed by atoms with Crippen LogP contribution in [0, 0.1) is 5.82 Å². The van der Waals surface area contributed by atoms with Gasteiger partial charge in [0.2, 0.25) is 0 Å². The average Bonchev–Trinajstić information content (AvgIpc) is 2.61. The maximum atomic E-state index is 12.9. The Labute approximate surface area is 141 Å². The van der Waals surface area contributed by atoms with Crippen LogP contribution in [0.4, 0.5) is 4.39 Å². The normalized spacial score (nSPS) is 13.0. The van der Waals surface area contributed by atoms with Crippen molar-refractivity contribution in [2.24, 2.45) is 0 Å². The monoisotopic (exact) mass is 331 g/mol. The van der Waals surface area contributed by atoms with Gasteiger partial charge in [0.25, 0.3) is 5.91 Å². The molecular weight excluding hydrogens is 309 g/mol. The number of hydrogen-bond acceptors (Lipinski definition) is 3. The summed E-state index contributed by atoms with van der Waals surface area (Å²) in [6, 6.07) is 13.1. The number of halogens is 1. The molecule has 128 valence electrons. The minimum Gasteiger partial charge on any atom is -0.497 e. The standard InChI is InChI=1S/C19H22FNO3/c1-4-18(14-5-9-16(23-3)10-6-14)21-19(22)13(2)24-17-11-7-15(20)8-12-17/h5-13,18H,4H2,1-3H3,(H,21,22)/t13-,18+/m1/s1. The van der Waals surface area contributed by atoms with Gasteiger partial charge in [0.15, 0.2) is 6.10 Å². The van der Waals surface area contributed by atoms with Gasteiger partial charge < -0.3 is 14.8 Å². The average molecular weight is 331 g/mol. The molecular formula is C19H22FNO3. The van der Waals surface area contributed by atoms with Gasteiger partial charge in [0.1, 0.15) is 17.3 Å². The van der Waals surface area contributed by atoms with E-state index in [1.807, 2.05) is 31.2 Å². The molecule has 1 amide bonds. The van der Waals surface area contributed by atoms with Gasteiger partial charge >= 0.3 is 0 Å². The SMILES string of the molecule is CC[C@H](NC(=O)[C@@H](C)Oc1ccc(F)cc1)c1ccc(OC)cc1. The van der Waals surface area contributed by atoms with Crippen LogP contribution in [-0.4, -0.2) is 19.1 Å². The van der Waals surface area contributed by atoms with E-state index in [4.69, 9.17) is 9.47 Å². The number of amides is 1. The van der Waals surface area contributed by atoms with Crippen molar-refractivity contribution in [2.75, 3.05) is 7.11 Å². The minimum absolute atomic E-state index is 0.109. The largest absolute Gasteiger partial charge is 0.497 e. The molecule has 24 heavy (non-hydrogen) atoms. The summed E-state index contributed by atoms with van der Waals surface area (Å²) in [5.41, 5.74) is 1.00. The second kappa shape index (κ2) is 8.34. The van der Waals surface area contributed by atoms with Crippen LogP contribution in [0.15, 0.2) is 48.5 Å². The molecule has 0 bridgehead atoms. The smallest absolute Gasteiger partial charge is 0.261 e. The molecule has 0 aliphatic rings. The maximum absolute atomic E-state index is 12.9. The molecule has 0 aliphatic carbocycles. The van der Waals surface area contributed by atoms with E-state index in [1.165, 1.54) is 24.3 Å². The van der Waals surface area contributed by atoms with Crippen LogP contribution in [0.25, 0.3) is 0 Å². The van der Waals surface area contributed by atoms with E-state index in [1.54, 1.807) is 14.0 Å². The summed E-state index contributed by atoms with van der Waals surface area (Å²) >= 11 is 0. The topological polar surface area (TPSA) is 47.6 Å². The van der Waals surface area contributed by atoms with Gasteiger partial charge in [-0.1, -0.05) is 19.1 Å². The van der Waals surface area contributed by atoms with Crippen LogP contribution in [0.1, 0.15) is 31.9 Å². The van der Waals surface area contributed by atoms with Gasteiger partial charge in [-0.3, -0.25) is 4.79 Å². The zero-order valence-electron chi connectivity index (χ0n) is 14.1.